The number of hydrogen-bond acceptors (Lipinski definition) is 0. The van der Waals surface area contributed by atoms with Gasteiger partial charge in [-0.05, 0) is 0 Å². The number of rotatable bonds is 0. The second-order valence-corrected chi connectivity index (χ2v) is 7.98. The minimum atomic E-state index is 0.628. The van der Waals surface area contributed by atoms with Gasteiger partial charge < -0.3 is 10.6 Å². The summed E-state index contributed by atoms with van der Waals surface area (Å²) in [5.41, 5.74) is 0. The predicted molar refractivity (Wildman–Crippen MR) is 90.5 cm³/mol. The molecular weight excluding hydrogens is 314 g/mol. The molecule has 2 radical (unpaired) electrons. The molecule has 2 saturated heterocycles. The van der Waals surface area contributed by atoms with Crippen LogP contribution in [0.25, 0.3) is 10.6 Å². The van der Waals surface area contributed by atoms with Crippen LogP contribution in [0.5, 0.6) is 0 Å². The summed E-state index contributed by atoms with van der Waals surface area (Å²) in [5.74, 6) is 1.79. The first kappa shape index (κ1) is 15.7. The van der Waals surface area contributed by atoms with Crippen LogP contribution < -0.4 is 4.12 Å². The summed E-state index contributed by atoms with van der Waals surface area (Å²) in [4.78, 5) is 0. The van der Waals surface area contributed by atoms with Crippen LogP contribution in [0.2, 0.25) is 0 Å². The zero-order valence-corrected chi connectivity index (χ0v) is 15.2. The van der Waals surface area contributed by atoms with Crippen LogP contribution in [0, 0.1) is 11.8 Å². The molecule has 1 aliphatic carbocycles. The fourth-order valence-corrected chi connectivity index (χ4v) is 4.58. The summed E-state index contributed by atoms with van der Waals surface area (Å²) in [6.07, 6.45) is 8.38. The molecule has 0 bridgehead atoms. The Morgan fingerprint density at radius 2 is 1.29 bits per heavy atom. The maximum atomic E-state index is 4.84. The van der Waals surface area contributed by atoms with Crippen molar-refractivity contribution in [2.24, 2.45) is 11.8 Å². The van der Waals surface area contributed by atoms with E-state index in [2.05, 4.69) is 24.3 Å². The van der Waals surface area contributed by atoms with Gasteiger partial charge in [0.15, 0.2) is 0 Å². The molecule has 3 aliphatic rings. The van der Waals surface area contributed by atoms with Crippen LogP contribution in [0.4, 0.5) is 0 Å². The Morgan fingerprint density at radius 3 is 1.71 bits per heavy atom. The van der Waals surface area contributed by atoms with Crippen LogP contribution in [-0.2, 0) is 0 Å². The van der Waals surface area contributed by atoms with E-state index in [1.807, 2.05) is 6.07 Å². The van der Waals surface area contributed by atoms with Crippen molar-refractivity contribution in [3.63, 3.8) is 0 Å². The molecule has 0 amide bonds. The number of nitrogens with zero attached hydrogens (tertiary/aromatic N) is 2. The number of piperidine rings is 2. The molecule has 2 heterocycles. The van der Waals surface area contributed by atoms with Crippen LogP contribution in [-0.4, -0.2) is 43.8 Å². The molecule has 112 valence electrons. The molecule has 4 unspecified atom stereocenters. The van der Waals surface area contributed by atoms with Crippen LogP contribution in [0.15, 0.2) is 30.3 Å². The van der Waals surface area contributed by atoms with Gasteiger partial charge in [-0.25, -0.2) is 0 Å². The van der Waals surface area contributed by atoms with E-state index < -0.39 is 0 Å². The quantitative estimate of drug-likeness (QED) is 0.647. The van der Waals surface area contributed by atoms with Crippen molar-refractivity contribution in [1.29, 1.82) is 0 Å². The van der Waals surface area contributed by atoms with E-state index in [4.69, 9.17) is 10.6 Å². The van der Waals surface area contributed by atoms with Crippen LogP contribution in [0.1, 0.15) is 38.5 Å². The van der Waals surface area contributed by atoms with Gasteiger partial charge in [0, 0.05) is 0 Å². The summed E-state index contributed by atoms with van der Waals surface area (Å²) in [7, 11) is 0. The van der Waals surface area contributed by atoms with E-state index in [9.17, 15) is 0 Å². The molecule has 21 heavy (non-hydrogen) atoms. The Morgan fingerprint density at radius 1 is 0.762 bits per heavy atom. The summed E-state index contributed by atoms with van der Waals surface area (Å²) in [6.45, 7) is 2.22. The van der Waals surface area contributed by atoms with E-state index in [1.165, 1.54) is 42.6 Å². The van der Waals surface area contributed by atoms with Gasteiger partial charge >= 0.3 is 53.0 Å². The second kappa shape index (κ2) is 7.86. The molecule has 3 heteroatoms. The van der Waals surface area contributed by atoms with Gasteiger partial charge in [-0.2, -0.15) is 0 Å². The average Bonchev–Trinajstić information content (AvgIpc) is 2.56. The Balaban J connectivity index is 0.000000160. The van der Waals surface area contributed by atoms with Crippen molar-refractivity contribution in [3.05, 3.63) is 41.0 Å². The van der Waals surface area contributed by atoms with Crippen molar-refractivity contribution in [1.82, 2.24) is 0 Å². The summed E-state index contributed by atoms with van der Waals surface area (Å²) in [5, 5.41) is 9.68. The fourth-order valence-electron chi connectivity index (χ4n) is 4.11. The number of fused-ring (bicyclic) bond motifs is 3. The first-order valence-corrected chi connectivity index (χ1v) is 9.69. The normalized spacial score (nSPS) is 34.9. The van der Waals surface area contributed by atoms with E-state index in [0.717, 1.165) is 24.9 Å². The van der Waals surface area contributed by atoms with Gasteiger partial charge in [0.2, 0.25) is 0 Å². The van der Waals surface area contributed by atoms with Crippen molar-refractivity contribution in [2.45, 2.75) is 50.6 Å². The zero-order chi connectivity index (χ0) is 14.5. The van der Waals surface area contributed by atoms with Crippen molar-refractivity contribution in [2.75, 3.05) is 13.1 Å². The molecule has 0 aromatic heterocycles. The first-order valence-electron chi connectivity index (χ1n) is 8.48. The number of hydrogen-bond donors (Lipinski definition) is 0. The van der Waals surface area contributed by atoms with Gasteiger partial charge in [0.1, 0.15) is 0 Å². The third-order valence-electron chi connectivity index (χ3n) is 5.17. The second-order valence-electron chi connectivity index (χ2n) is 6.59. The molecule has 0 spiro atoms. The molecule has 3 fully saturated rings. The van der Waals surface area contributed by atoms with Crippen LogP contribution in [0.3, 0.4) is 0 Å². The Labute approximate surface area is 139 Å². The first-order chi connectivity index (χ1) is 10.3. The summed E-state index contributed by atoms with van der Waals surface area (Å²) < 4.78 is 1.38. The molecule has 1 aromatic carbocycles. The molecule has 1 saturated carbocycles. The topological polar surface area (TPSA) is 28.2 Å². The average molecular weight is 339 g/mol. The van der Waals surface area contributed by atoms with Crippen molar-refractivity contribution >= 4 is 22.7 Å². The molecule has 4 atom stereocenters. The van der Waals surface area contributed by atoms with Gasteiger partial charge in [-0.3, -0.25) is 0 Å². The molecule has 4 rings (SSSR count). The van der Waals surface area contributed by atoms with Gasteiger partial charge in [0.05, 0.1) is 0 Å². The molecule has 1 aromatic rings. The summed E-state index contributed by atoms with van der Waals surface area (Å²) in [6, 6.07) is 11.6. The van der Waals surface area contributed by atoms with E-state index >= 15 is 0 Å². The van der Waals surface area contributed by atoms with E-state index in [0.29, 0.717) is 12.1 Å². The standard InChI is InChI=1S/C12H20N2.C6H5.Ga/c1-3-9-5-6-10-4-2-8-14-12(10)11(9)13-7-1;1-2-4-6-5-3-1;/h9-12H,1-8H2;1-5H;/q-2;;. The Kier molecular flexibility index (Phi) is 5.87. The maximum absolute atomic E-state index is 4.84. The summed E-state index contributed by atoms with van der Waals surface area (Å²) >= 11 is 1.67. The molecule has 2 nitrogen and oxygen atoms in total. The van der Waals surface area contributed by atoms with Gasteiger partial charge in [-0.1, -0.05) is 50.4 Å². The van der Waals surface area contributed by atoms with E-state index in [-0.39, 0.29) is 0 Å². The van der Waals surface area contributed by atoms with Gasteiger partial charge in [0.25, 0.3) is 0 Å². The van der Waals surface area contributed by atoms with Crippen molar-refractivity contribution in [3.8, 4) is 0 Å². The SMILES string of the molecule is C1C[N-]C2C(C1)CCC1CCC[N-]C12.[Ga][c]1ccccc1. The Bertz CT molecular complexity index is 400. The van der Waals surface area contributed by atoms with Crippen molar-refractivity contribution < 1.29 is 0 Å². The monoisotopic (exact) mass is 338 g/mol. The minimum absolute atomic E-state index is 0.628. The zero-order valence-electron chi connectivity index (χ0n) is 12.8. The van der Waals surface area contributed by atoms with Gasteiger partial charge in [-0.15, -0.1) is 25.2 Å². The predicted octanol–water partition coefficient (Wildman–Crippen LogP) is 3.57. The number of benzene rings is 1. The molecule has 0 N–H and O–H groups in total. The molecular formula is C18H25GaN2-2. The molecule has 2 aliphatic heterocycles. The van der Waals surface area contributed by atoms with E-state index in [1.54, 1.807) is 18.6 Å². The fraction of sp³-hybridized carbons (Fsp3) is 0.667. The third-order valence-corrected chi connectivity index (χ3v) is 5.98. The third kappa shape index (κ3) is 4.16. The van der Waals surface area contributed by atoms with Crippen LogP contribution >= 0.6 is 0 Å². The Hall–Kier alpha value is -0.224.